The largest absolute Gasteiger partial charge is 0.466 e. The maximum absolute atomic E-state index is 12.5. The number of carbonyl (C=O) groups is 2. The molecule has 0 aliphatic rings. The molecule has 62 heavy (non-hydrogen) atoms. The Kier molecular flexibility index (Phi) is 51.0. The molecule has 0 saturated carbocycles. The smallest absolute Gasteiger partial charge is 0.305 e. The van der Waals surface area contributed by atoms with E-state index in [0.717, 1.165) is 77.0 Å². The summed E-state index contributed by atoms with van der Waals surface area (Å²) in [6, 6.07) is -0.561. The minimum atomic E-state index is -0.681. The summed E-state index contributed by atoms with van der Waals surface area (Å²) < 4.78 is 5.46. The Balaban J connectivity index is 3.47. The van der Waals surface area contributed by atoms with Gasteiger partial charge in [-0.1, -0.05) is 257 Å². The van der Waals surface area contributed by atoms with E-state index < -0.39 is 12.1 Å². The van der Waals surface area contributed by atoms with Crippen LogP contribution in [0.2, 0.25) is 0 Å². The van der Waals surface area contributed by atoms with Crippen LogP contribution in [-0.4, -0.2) is 47.4 Å². The summed E-state index contributed by atoms with van der Waals surface area (Å²) in [6.45, 7) is 4.90. The molecule has 2 unspecified atom stereocenters. The average Bonchev–Trinajstić information content (AvgIpc) is 3.27. The maximum atomic E-state index is 12.5. The van der Waals surface area contributed by atoms with Gasteiger partial charge in [-0.2, -0.15) is 0 Å². The second kappa shape index (κ2) is 52.2. The lowest BCUT2D eigenvalue weighted by Crippen LogP contribution is -2.45. The van der Waals surface area contributed by atoms with Crippen LogP contribution in [0, 0.1) is 0 Å². The molecule has 0 bridgehead atoms. The summed E-state index contributed by atoms with van der Waals surface area (Å²) in [6.07, 6.45) is 60.5. The molecule has 0 fully saturated rings. The van der Waals surface area contributed by atoms with Crippen molar-refractivity contribution in [3.8, 4) is 0 Å². The zero-order chi connectivity index (χ0) is 45.1. The van der Waals surface area contributed by atoms with Crippen molar-refractivity contribution in [2.24, 2.45) is 0 Å². The molecule has 0 spiro atoms. The van der Waals surface area contributed by atoms with Gasteiger partial charge in [-0.3, -0.25) is 9.59 Å². The zero-order valence-electron chi connectivity index (χ0n) is 41.9. The number of allylic oxidation sites excluding steroid dienone is 2. The third kappa shape index (κ3) is 48.1. The number of nitrogens with one attached hydrogen (secondary N) is 1. The van der Waals surface area contributed by atoms with Gasteiger partial charge in [0.25, 0.3) is 0 Å². The number of hydrogen-bond acceptors (Lipinski definition) is 5. The summed E-state index contributed by atoms with van der Waals surface area (Å²) in [7, 11) is 0. The minimum Gasteiger partial charge on any atom is -0.466 e. The quantitative estimate of drug-likeness (QED) is 0.0321. The first-order valence-corrected chi connectivity index (χ1v) is 27.9. The molecule has 6 heteroatoms. The molecule has 368 valence electrons. The van der Waals surface area contributed by atoms with Crippen molar-refractivity contribution in [1.29, 1.82) is 0 Å². The van der Waals surface area contributed by atoms with E-state index in [-0.39, 0.29) is 18.5 Å². The third-order valence-corrected chi connectivity index (χ3v) is 13.1. The van der Waals surface area contributed by atoms with Crippen LogP contribution in [0.5, 0.6) is 0 Å². The predicted molar refractivity (Wildman–Crippen MR) is 269 cm³/mol. The van der Waals surface area contributed by atoms with Gasteiger partial charge in [-0.25, -0.2) is 0 Å². The Morgan fingerprint density at radius 3 is 1.15 bits per heavy atom. The van der Waals surface area contributed by atoms with Crippen LogP contribution in [0.15, 0.2) is 12.2 Å². The van der Waals surface area contributed by atoms with Crippen molar-refractivity contribution in [1.82, 2.24) is 5.32 Å². The fraction of sp³-hybridized carbons (Fsp3) is 0.929. The second-order valence-corrected chi connectivity index (χ2v) is 19.3. The highest BCUT2D eigenvalue weighted by molar-refractivity contribution is 5.76. The molecular weight excluding hydrogens is 767 g/mol. The molecule has 0 heterocycles. The molecule has 0 aromatic rings. The van der Waals surface area contributed by atoms with Crippen LogP contribution in [0.3, 0.4) is 0 Å². The molecule has 3 N–H and O–H groups in total. The first-order valence-electron chi connectivity index (χ1n) is 27.9. The van der Waals surface area contributed by atoms with Gasteiger partial charge in [0.2, 0.25) is 5.91 Å². The molecule has 0 rings (SSSR count). The van der Waals surface area contributed by atoms with Gasteiger partial charge >= 0.3 is 5.97 Å². The Hall–Kier alpha value is -1.40. The standard InChI is InChI=1S/C56H109NO5/c1-3-5-7-9-11-13-15-17-19-20-21-22-24-26-30-34-38-42-46-50-56(61)62-51-47-43-39-35-31-27-29-33-37-41-45-49-55(60)57-53(52-58)54(59)48-44-40-36-32-28-25-23-18-16-14-12-10-8-6-4-2/h31,35,53-54,58-59H,3-30,32-34,36-52H2,1-2H3,(H,57,60)/b35-31-. The molecule has 0 aliphatic heterocycles. The number of hydrogen-bond donors (Lipinski definition) is 3. The molecule has 0 aromatic carbocycles. The summed E-state index contributed by atoms with van der Waals surface area (Å²) in [5, 5.41) is 23.2. The highest BCUT2D eigenvalue weighted by Crippen LogP contribution is 2.17. The van der Waals surface area contributed by atoms with Gasteiger partial charge in [0.15, 0.2) is 0 Å². The Bertz CT molecular complexity index is 924. The van der Waals surface area contributed by atoms with Gasteiger partial charge in [0, 0.05) is 12.8 Å². The first kappa shape index (κ1) is 60.6. The number of ether oxygens (including phenoxy) is 1. The van der Waals surface area contributed by atoms with Crippen molar-refractivity contribution in [3.05, 3.63) is 12.2 Å². The Morgan fingerprint density at radius 1 is 0.435 bits per heavy atom. The number of amides is 1. The summed E-state index contributed by atoms with van der Waals surface area (Å²) in [4.78, 5) is 24.5. The van der Waals surface area contributed by atoms with E-state index in [2.05, 4.69) is 31.3 Å². The van der Waals surface area contributed by atoms with Crippen molar-refractivity contribution in [2.45, 2.75) is 321 Å². The van der Waals surface area contributed by atoms with Crippen LogP contribution in [0.4, 0.5) is 0 Å². The van der Waals surface area contributed by atoms with Crippen molar-refractivity contribution >= 4 is 11.9 Å². The number of aliphatic hydroxyl groups is 2. The third-order valence-electron chi connectivity index (χ3n) is 13.1. The monoisotopic (exact) mass is 876 g/mol. The van der Waals surface area contributed by atoms with Crippen molar-refractivity contribution in [3.63, 3.8) is 0 Å². The molecule has 0 saturated heterocycles. The van der Waals surface area contributed by atoms with Crippen LogP contribution in [0.25, 0.3) is 0 Å². The fourth-order valence-electron chi connectivity index (χ4n) is 8.75. The van der Waals surface area contributed by atoms with Gasteiger partial charge in [0.05, 0.1) is 25.4 Å². The van der Waals surface area contributed by atoms with Crippen molar-refractivity contribution in [2.75, 3.05) is 13.2 Å². The summed E-state index contributed by atoms with van der Waals surface area (Å²) in [5.74, 6) is -0.0878. The summed E-state index contributed by atoms with van der Waals surface area (Å²) in [5.41, 5.74) is 0. The van der Waals surface area contributed by atoms with E-state index in [0.29, 0.717) is 25.9 Å². The van der Waals surface area contributed by atoms with E-state index in [1.54, 1.807) is 0 Å². The highest BCUT2D eigenvalue weighted by Gasteiger charge is 2.20. The number of carbonyl (C=O) groups excluding carboxylic acids is 2. The number of rotatable bonds is 52. The Morgan fingerprint density at radius 2 is 0.758 bits per heavy atom. The van der Waals surface area contributed by atoms with E-state index in [1.807, 2.05) is 0 Å². The van der Waals surface area contributed by atoms with E-state index >= 15 is 0 Å². The minimum absolute atomic E-state index is 0.0259. The Labute approximate surface area is 387 Å². The highest BCUT2D eigenvalue weighted by atomic mass is 16.5. The van der Waals surface area contributed by atoms with Gasteiger partial charge in [-0.05, 0) is 51.4 Å². The lowest BCUT2D eigenvalue weighted by molar-refractivity contribution is -0.143. The molecule has 0 aromatic heterocycles. The first-order chi connectivity index (χ1) is 30.5. The van der Waals surface area contributed by atoms with E-state index in [9.17, 15) is 19.8 Å². The molecule has 0 aliphatic carbocycles. The topological polar surface area (TPSA) is 95.9 Å². The molecule has 6 nitrogen and oxygen atoms in total. The lowest BCUT2D eigenvalue weighted by atomic mass is 10.0. The van der Waals surface area contributed by atoms with Crippen LogP contribution in [-0.2, 0) is 14.3 Å². The van der Waals surface area contributed by atoms with Crippen molar-refractivity contribution < 1.29 is 24.5 Å². The number of unbranched alkanes of at least 4 members (excludes halogenated alkanes) is 39. The van der Waals surface area contributed by atoms with Crippen LogP contribution < -0.4 is 5.32 Å². The molecule has 1 amide bonds. The average molecular weight is 876 g/mol. The van der Waals surface area contributed by atoms with Gasteiger partial charge in [0.1, 0.15) is 0 Å². The number of aliphatic hydroxyl groups excluding tert-OH is 2. The normalized spacial score (nSPS) is 12.6. The lowest BCUT2D eigenvalue weighted by Gasteiger charge is -2.22. The van der Waals surface area contributed by atoms with E-state index in [4.69, 9.17) is 4.74 Å². The molecule has 2 atom stereocenters. The summed E-state index contributed by atoms with van der Waals surface area (Å²) >= 11 is 0. The maximum Gasteiger partial charge on any atom is 0.305 e. The zero-order valence-corrected chi connectivity index (χ0v) is 41.9. The SMILES string of the molecule is CCCCCCCCCCCCCCCCCCCCCC(=O)OCCCC/C=C\CCCCCCCC(=O)NC(CO)C(O)CCCCCCCCCCCCCCCCC. The van der Waals surface area contributed by atoms with Crippen LogP contribution >= 0.6 is 0 Å². The van der Waals surface area contributed by atoms with E-state index in [1.165, 1.54) is 199 Å². The predicted octanol–water partition coefficient (Wildman–Crippen LogP) is 16.9. The number of esters is 1. The van der Waals surface area contributed by atoms with Crippen LogP contribution in [0.1, 0.15) is 309 Å². The molecular formula is C56H109NO5. The second-order valence-electron chi connectivity index (χ2n) is 19.3. The van der Waals surface area contributed by atoms with Gasteiger partial charge in [-0.15, -0.1) is 0 Å². The van der Waals surface area contributed by atoms with Gasteiger partial charge < -0.3 is 20.3 Å². The molecule has 0 radical (unpaired) electrons. The fourth-order valence-corrected chi connectivity index (χ4v) is 8.75.